The molecule has 202 valence electrons. The Bertz CT molecular complexity index is 1480. The number of H-pyrrole nitrogens is 1. The first-order chi connectivity index (χ1) is 19.0. The van der Waals surface area contributed by atoms with Crippen LogP contribution in [0.3, 0.4) is 0 Å². The van der Waals surface area contributed by atoms with Crippen LogP contribution in [0.15, 0.2) is 48.5 Å². The van der Waals surface area contributed by atoms with Crippen LogP contribution in [0.25, 0.3) is 10.9 Å². The van der Waals surface area contributed by atoms with Crippen molar-refractivity contribution in [3.63, 3.8) is 0 Å². The van der Waals surface area contributed by atoms with E-state index in [9.17, 15) is 14.4 Å². The van der Waals surface area contributed by atoms with Crippen LogP contribution in [0.2, 0.25) is 0 Å². The lowest BCUT2D eigenvalue weighted by Crippen LogP contribution is -2.56. The normalized spacial score (nSPS) is 27.4. The number of aryl methyl sites for hydroxylation is 1. The number of rotatable bonds is 1. The number of anilines is 1. The van der Waals surface area contributed by atoms with Crippen molar-refractivity contribution in [3.05, 3.63) is 65.4 Å². The van der Waals surface area contributed by atoms with Gasteiger partial charge in [-0.2, -0.15) is 0 Å². The summed E-state index contributed by atoms with van der Waals surface area (Å²) in [6.07, 6.45) is 4.13. The highest BCUT2D eigenvalue weighted by molar-refractivity contribution is 6.11. The molecule has 0 saturated carbocycles. The van der Waals surface area contributed by atoms with Crippen molar-refractivity contribution in [1.82, 2.24) is 20.1 Å². The number of fused-ring (bicyclic) bond motifs is 5. The zero-order chi connectivity index (χ0) is 26.7. The Labute approximate surface area is 228 Å². The summed E-state index contributed by atoms with van der Waals surface area (Å²) in [6.45, 7) is 4.96. The first-order valence-electron chi connectivity index (χ1n) is 14.3. The maximum absolute atomic E-state index is 14.4. The predicted octanol–water partition coefficient (Wildman–Crippen LogP) is 3.55. The molecule has 2 aromatic carbocycles. The lowest BCUT2D eigenvalue weighted by atomic mass is 9.78. The number of aromatic amines is 1. The highest BCUT2D eigenvalue weighted by Gasteiger charge is 2.67. The molecule has 0 unspecified atom stereocenters. The zero-order valence-corrected chi connectivity index (χ0v) is 22.4. The van der Waals surface area contributed by atoms with E-state index in [4.69, 9.17) is 0 Å². The van der Waals surface area contributed by atoms with Crippen LogP contribution in [0.5, 0.6) is 0 Å². The maximum Gasteiger partial charge on any atom is 0.270 e. The number of benzene rings is 2. The van der Waals surface area contributed by atoms with Crippen molar-refractivity contribution in [2.75, 3.05) is 37.6 Å². The molecule has 3 atom stereocenters. The quantitative estimate of drug-likeness (QED) is 0.509. The second kappa shape index (κ2) is 9.23. The van der Waals surface area contributed by atoms with Gasteiger partial charge < -0.3 is 20.1 Å². The second-order valence-corrected chi connectivity index (χ2v) is 11.6. The lowest BCUT2D eigenvalue weighted by molar-refractivity contribution is -0.138. The van der Waals surface area contributed by atoms with Gasteiger partial charge in [0.1, 0.15) is 11.2 Å². The van der Waals surface area contributed by atoms with Gasteiger partial charge >= 0.3 is 0 Å². The minimum Gasteiger partial charge on any atom is -0.356 e. The number of para-hydroxylation sites is 1. The molecular formula is C31H35N5O3. The molecule has 1 spiro atoms. The van der Waals surface area contributed by atoms with Crippen molar-refractivity contribution in [2.45, 2.75) is 50.6 Å². The van der Waals surface area contributed by atoms with Gasteiger partial charge in [0, 0.05) is 54.4 Å². The summed E-state index contributed by atoms with van der Waals surface area (Å²) < 4.78 is 0. The summed E-state index contributed by atoms with van der Waals surface area (Å²) in [7, 11) is 0. The van der Waals surface area contributed by atoms with Crippen molar-refractivity contribution in [1.29, 1.82) is 0 Å². The largest absolute Gasteiger partial charge is 0.356 e. The number of amides is 3. The fraction of sp³-hybridized carbons (Fsp3) is 0.452. The van der Waals surface area contributed by atoms with Crippen molar-refractivity contribution < 1.29 is 14.4 Å². The van der Waals surface area contributed by atoms with Crippen LogP contribution in [0.1, 0.15) is 53.7 Å². The molecular weight excluding hydrogens is 490 g/mol. The van der Waals surface area contributed by atoms with E-state index < -0.39 is 11.5 Å². The van der Waals surface area contributed by atoms with E-state index in [1.54, 1.807) is 0 Å². The molecule has 1 aromatic heterocycles. The van der Waals surface area contributed by atoms with Gasteiger partial charge in [-0.25, -0.2) is 0 Å². The fourth-order valence-corrected chi connectivity index (χ4v) is 7.66. The van der Waals surface area contributed by atoms with Crippen LogP contribution in [0.4, 0.5) is 5.69 Å². The van der Waals surface area contributed by atoms with Gasteiger partial charge in [0.25, 0.3) is 11.8 Å². The van der Waals surface area contributed by atoms with E-state index in [2.05, 4.69) is 21.3 Å². The van der Waals surface area contributed by atoms with Gasteiger partial charge in [-0.05, 0) is 69.8 Å². The molecule has 39 heavy (non-hydrogen) atoms. The van der Waals surface area contributed by atoms with Crippen molar-refractivity contribution >= 4 is 34.3 Å². The molecule has 5 heterocycles. The molecule has 3 saturated heterocycles. The Balaban J connectivity index is 1.21. The molecule has 3 amide bonds. The molecule has 0 radical (unpaired) electrons. The van der Waals surface area contributed by atoms with E-state index in [0.29, 0.717) is 51.1 Å². The van der Waals surface area contributed by atoms with E-state index in [1.165, 1.54) is 0 Å². The number of carbonyl (C=O) groups is 3. The van der Waals surface area contributed by atoms with Gasteiger partial charge in [0.15, 0.2) is 0 Å². The third-order valence-corrected chi connectivity index (χ3v) is 9.34. The number of hydrogen-bond donors (Lipinski definition) is 2. The van der Waals surface area contributed by atoms with Crippen LogP contribution in [0, 0.1) is 12.8 Å². The predicted molar refractivity (Wildman–Crippen MR) is 149 cm³/mol. The summed E-state index contributed by atoms with van der Waals surface area (Å²) in [5.74, 6) is -0.477. The van der Waals surface area contributed by atoms with Crippen LogP contribution in [-0.2, 0) is 15.1 Å². The van der Waals surface area contributed by atoms with Gasteiger partial charge in [-0.15, -0.1) is 0 Å². The average Bonchev–Trinajstić information content (AvgIpc) is 3.68. The van der Waals surface area contributed by atoms with Gasteiger partial charge in [0.2, 0.25) is 5.91 Å². The third-order valence-electron chi connectivity index (χ3n) is 9.34. The van der Waals surface area contributed by atoms with Crippen LogP contribution in [-0.4, -0.2) is 71.3 Å². The molecule has 4 aliphatic rings. The third kappa shape index (κ3) is 3.64. The Kier molecular flexibility index (Phi) is 5.77. The van der Waals surface area contributed by atoms with E-state index in [0.717, 1.165) is 47.1 Å². The molecule has 0 aliphatic carbocycles. The number of aromatic nitrogens is 1. The highest BCUT2D eigenvalue weighted by Crippen LogP contribution is 2.57. The lowest BCUT2D eigenvalue weighted by Gasteiger charge is -2.37. The first-order valence-corrected chi connectivity index (χ1v) is 14.3. The minimum absolute atomic E-state index is 0.0244. The van der Waals surface area contributed by atoms with E-state index >= 15 is 0 Å². The second-order valence-electron chi connectivity index (χ2n) is 11.6. The highest BCUT2D eigenvalue weighted by atomic mass is 16.2. The number of hydrogen-bond acceptors (Lipinski definition) is 4. The Morgan fingerprint density at radius 2 is 1.82 bits per heavy atom. The van der Waals surface area contributed by atoms with Crippen molar-refractivity contribution in [3.8, 4) is 0 Å². The molecule has 7 rings (SSSR count). The topological polar surface area (TPSA) is 88.7 Å². The minimum atomic E-state index is -0.923. The molecule has 8 heteroatoms. The van der Waals surface area contributed by atoms with E-state index in [-0.39, 0.29) is 23.8 Å². The molecule has 8 nitrogen and oxygen atoms in total. The summed E-state index contributed by atoms with van der Waals surface area (Å²) in [5.41, 5.74) is 3.62. The van der Waals surface area contributed by atoms with Gasteiger partial charge in [-0.3, -0.25) is 19.3 Å². The monoisotopic (exact) mass is 525 g/mol. The Morgan fingerprint density at radius 1 is 0.974 bits per heavy atom. The Morgan fingerprint density at radius 3 is 2.72 bits per heavy atom. The first kappa shape index (κ1) is 24.4. The average molecular weight is 526 g/mol. The Hall–Kier alpha value is -3.65. The molecule has 2 N–H and O–H groups in total. The number of nitrogens with one attached hydrogen (secondary N) is 2. The van der Waals surface area contributed by atoms with Crippen molar-refractivity contribution in [2.24, 2.45) is 5.92 Å². The summed E-state index contributed by atoms with van der Waals surface area (Å²) >= 11 is 0. The number of nitrogens with zero attached hydrogens (tertiary/aromatic N) is 3. The van der Waals surface area contributed by atoms with Crippen LogP contribution < -0.4 is 10.2 Å². The molecule has 4 aliphatic heterocycles. The zero-order valence-electron chi connectivity index (χ0n) is 22.4. The van der Waals surface area contributed by atoms with Gasteiger partial charge in [-0.1, -0.05) is 29.8 Å². The standard InChI is InChI=1S/C31H35N5O3/c1-20-10-11-25-21(17-20)18-26(33-25)29(38)34-13-5-12-32-28(37)24-19-22-7-4-16-36(22)31(24)23-8-2-3-9-27(23)35(30(31)39)15-6-14-34/h2-3,8-11,17-18,22,24,33H,4-7,12-16,19H2,1H3,(H,32,37)/t22-,24+,31+/m0/s1. The smallest absolute Gasteiger partial charge is 0.270 e. The molecule has 3 fully saturated rings. The molecule has 3 aromatic rings. The SMILES string of the molecule is Cc1ccc2[nH]c(C(=O)N3CCCNC(=O)[C@H]4C[C@@H]5CCCN5[C@@]45C(=O)N(CCC3)c3ccccc35)cc2c1. The summed E-state index contributed by atoms with van der Waals surface area (Å²) in [5, 5.41) is 4.18. The molecule has 2 bridgehead atoms. The number of carbonyl (C=O) groups excluding carboxylic acids is 3. The fourth-order valence-electron chi connectivity index (χ4n) is 7.66. The van der Waals surface area contributed by atoms with E-state index in [1.807, 2.05) is 59.2 Å². The van der Waals surface area contributed by atoms with Crippen LogP contribution >= 0.6 is 0 Å². The summed E-state index contributed by atoms with van der Waals surface area (Å²) in [4.78, 5) is 51.2. The van der Waals surface area contributed by atoms with Gasteiger partial charge in [0.05, 0.1) is 5.92 Å². The maximum atomic E-state index is 14.4. The summed E-state index contributed by atoms with van der Waals surface area (Å²) in [6, 6.07) is 16.3.